The minimum atomic E-state index is -0.459. The van der Waals surface area contributed by atoms with Crippen LogP contribution in [0, 0.1) is 5.82 Å². The maximum absolute atomic E-state index is 12.9. The molecule has 0 bridgehead atoms. The number of ether oxygens (including phenoxy) is 1. The van der Waals surface area contributed by atoms with Crippen LogP contribution in [0.3, 0.4) is 0 Å². The minimum absolute atomic E-state index is 0.0176. The van der Waals surface area contributed by atoms with Crippen LogP contribution in [0.25, 0.3) is 0 Å². The Morgan fingerprint density at radius 2 is 2.00 bits per heavy atom. The highest BCUT2D eigenvalue weighted by atomic mass is 32.1. The molecule has 0 N–H and O–H groups in total. The lowest BCUT2D eigenvalue weighted by Gasteiger charge is -2.04. The molecule has 0 aliphatic carbocycles. The van der Waals surface area contributed by atoms with E-state index in [1.54, 1.807) is 24.3 Å². The lowest BCUT2D eigenvalue weighted by molar-refractivity contribution is -0.144. The van der Waals surface area contributed by atoms with Gasteiger partial charge in [0.25, 0.3) is 0 Å². The number of halogens is 1. The largest absolute Gasteiger partial charge is 0.461 e. The van der Waals surface area contributed by atoms with Gasteiger partial charge in [0.1, 0.15) is 12.4 Å². The fourth-order valence-corrected chi connectivity index (χ4v) is 2.33. The Morgan fingerprint density at radius 3 is 2.70 bits per heavy atom. The van der Waals surface area contributed by atoms with Crippen LogP contribution in [0.1, 0.15) is 28.1 Å². The number of Topliss-reactive ketones (excluding diaryl/α,β-unsaturated/α-hetero) is 1. The Hall–Kier alpha value is -2.01. The molecule has 1 aromatic carbocycles. The third kappa shape index (κ3) is 4.28. The van der Waals surface area contributed by atoms with E-state index >= 15 is 0 Å². The van der Waals surface area contributed by atoms with Gasteiger partial charge in [-0.1, -0.05) is 18.2 Å². The second-order valence-corrected chi connectivity index (χ2v) is 5.14. The maximum atomic E-state index is 12.9. The molecule has 1 heterocycles. The van der Waals surface area contributed by atoms with Crippen molar-refractivity contribution in [3.05, 3.63) is 58.0 Å². The first-order valence-corrected chi connectivity index (χ1v) is 7.00. The Balaban J connectivity index is 1.74. The van der Waals surface area contributed by atoms with Gasteiger partial charge in [-0.25, -0.2) is 4.39 Å². The zero-order chi connectivity index (χ0) is 14.4. The SMILES string of the molecule is O=C(CCC(=O)c1cccs1)OCc1cccc(F)c1. The number of rotatable bonds is 6. The fraction of sp³-hybridized carbons (Fsp3) is 0.200. The van der Waals surface area contributed by atoms with Gasteiger partial charge in [-0.3, -0.25) is 9.59 Å². The molecule has 0 amide bonds. The Kier molecular flexibility index (Phi) is 5.01. The summed E-state index contributed by atoms with van der Waals surface area (Å²) < 4.78 is 17.9. The summed E-state index contributed by atoms with van der Waals surface area (Å²) >= 11 is 1.35. The van der Waals surface area contributed by atoms with Crippen molar-refractivity contribution in [1.29, 1.82) is 0 Å². The summed E-state index contributed by atoms with van der Waals surface area (Å²) in [4.78, 5) is 23.8. The van der Waals surface area contributed by atoms with Gasteiger partial charge in [0, 0.05) is 6.42 Å². The number of ketones is 1. The van der Waals surface area contributed by atoms with Crippen molar-refractivity contribution in [3.8, 4) is 0 Å². The zero-order valence-corrected chi connectivity index (χ0v) is 11.5. The summed E-state index contributed by atoms with van der Waals surface area (Å²) in [6.45, 7) is 0.0176. The molecular weight excluding hydrogens is 279 g/mol. The monoisotopic (exact) mass is 292 g/mol. The molecule has 0 saturated heterocycles. The number of hydrogen-bond acceptors (Lipinski definition) is 4. The van der Waals surface area contributed by atoms with E-state index in [9.17, 15) is 14.0 Å². The molecule has 0 fully saturated rings. The average molecular weight is 292 g/mol. The van der Waals surface area contributed by atoms with Crippen molar-refractivity contribution in [2.45, 2.75) is 19.4 Å². The van der Waals surface area contributed by atoms with Crippen LogP contribution in [-0.4, -0.2) is 11.8 Å². The van der Waals surface area contributed by atoms with Crippen LogP contribution < -0.4 is 0 Å². The number of carbonyl (C=O) groups is 2. The second-order valence-electron chi connectivity index (χ2n) is 4.19. The molecule has 104 valence electrons. The van der Waals surface area contributed by atoms with E-state index in [1.165, 1.54) is 23.5 Å². The van der Waals surface area contributed by atoms with Gasteiger partial charge >= 0.3 is 5.97 Å². The normalized spacial score (nSPS) is 10.2. The van der Waals surface area contributed by atoms with Crippen LogP contribution in [0.15, 0.2) is 41.8 Å². The van der Waals surface area contributed by atoms with E-state index < -0.39 is 5.97 Å². The van der Waals surface area contributed by atoms with E-state index in [2.05, 4.69) is 0 Å². The van der Waals surface area contributed by atoms with Crippen LogP contribution in [-0.2, 0) is 16.1 Å². The van der Waals surface area contributed by atoms with E-state index in [4.69, 9.17) is 4.74 Å². The van der Waals surface area contributed by atoms with Crippen LogP contribution >= 0.6 is 11.3 Å². The number of esters is 1. The lowest BCUT2D eigenvalue weighted by atomic mass is 10.2. The highest BCUT2D eigenvalue weighted by Crippen LogP contribution is 2.13. The summed E-state index contributed by atoms with van der Waals surface area (Å²) in [6.07, 6.45) is 0.161. The molecule has 5 heteroatoms. The van der Waals surface area contributed by atoms with Crippen molar-refractivity contribution in [2.75, 3.05) is 0 Å². The van der Waals surface area contributed by atoms with Crippen molar-refractivity contribution in [2.24, 2.45) is 0 Å². The fourth-order valence-electron chi connectivity index (χ4n) is 1.64. The highest BCUT2D eigenvalue weighted by molar-refractivity contribution is 7.12. The van der Waals surface area contributed by atoms with Gasteiger partial charge in [-0.15, -0.1) is 11.3 Å². The van der Waals surface area contributed by atoms with E-state index in [0.29, 0.717) is 10.4 Å². The molecule has 0 spiro atoms. The topological polar surface area (TPSA) is 43.4 Å². The van der Waals surface area contributed by atoms with Gasteiger partial charge in [0.15, 0.2) is 5.78 Å². The summed E-state index contributed by atoms with van der Waals surface area (Å²) in [5.41, 5.74) is 0.586. The van der Waals surface area contributed by atoms with Crippen molar-refractivity contribution in [1.82, 2.24) is 0 Å². The molecule has 0 atom stereocenters. The predicted octanol–water partition coefficient (Wildman–Crippen LogP) is 3.59. The molecule has 0 aliphatic rings. The predicted molar refractivity (Wildman–Crippen MR) is 74.1 cm³/mol. The Bertz CT molecular complexity index is 593. The van der Waals surface area contributed by atoms with Gasteiger partial charge in [0.05, 0.1) is 11.3 Å². The standard InChI is InChI=1S/C15H13FO3S/c16-12-4-1-3-11(9-12)10-19-15(18)7-6-13(17)14-5-2-8-20-14/h1-5,8-9H,6-7,10H2. The molecular formula is C15H13FO3S. The van der Waals surface area contributed by atoms with Crippen LogP contribution in [0.5, 0.6) is 0 Å². The molecule has 0 unspecified atom stereocenters. The first kappa shape index (κ1) is 14.4. The summed E-state index contributed by atoms with van der Waals surface area (Å²) in [5.74, 6) is -0.895. The summed E-state index contributed by atoms with van der Waals surface area (Å²) in [6, 6.07) is 9.38. The van der Waals surface area contributed by atoms with E-state index in [0.717, 1.165) is 0 Å². The molecule has 2 rings (SSSR count). The number of benzene rings is 1. The first-order valence-electron chi connectivity index (χ1n) is 6.12. The van der Waals surface area contributed by atoms with Gasteiger partial charge in [0.2, 0.25) is 0 Å². The Morgan fingerprint density at radius 1 is 1.15 bits per heavy atom. The second kappa shape index (κ2) is 6.96. The highest BCUT2D eigenvalue weighted by Gasteiger charge is 2.11. The molecule has 0 aliphatic heterocycles. The third-order valence-corrected chi connectivity index (χ3v) is 3.55. The maximum Gasteiger partial charge on any atom is 0.306 e. The number of carbonyl (C=O) groups excluding carboxylic acids is 2. The van der Waals surface area contributed by atoms with Crippen molar-refractivity contribution >= 4 is 23.1 Å². The third-order valence-electron chi connectivity index (χ3n) is 2.64. The van der Waals surface area contributed by atoms with Crippen molar-refractivity contribution in [3.63, 3.8) is 0 Å². The van der Waals surface area contributed by atoms with Gasteiger partial charge in [-0.05, 0) is 29.1 Å². The van der Waals surface area contributed by atoms with Crippen LogP contribution in [0.2, 0.25) is 0 Å². The number of thiophene rings is 1. The number of hydrogen-bond donors (Lipinski definition) is 0. The van der Waals surface area contributed by atoms with Gasteiger partial charge < -0.3 is 4.74 Å². The van der Waals surface area contributed by atoms with Gasteiger partial charge in [-0.2, -0.15) is 0 Å². The van der Waals surface area contributed by atoms with E-state index in [1.807, 2.05) is 5.38 Å². The summed E-state index contributed by atoms with van der Waals surface area (Å²) in [7, 11) is 0. The Labute approximate surface area is 120 Å². The van der Waals surface area contributed by atoms with Crippen molar-refractivity contribution < 1.29 is 18.7 Å². The average Bonchev–Trinajstić information content (AvgIpc) is 2.97. The zero-order valence-electron chi connectivity index (χ0n) is 10.7. The molecule has 0 radical (unpaired) electrons. The smallest absolute Gasteiger partial charge is 0.306 e. The summed E-state index contributed by atoms with van der Waals surface area (Å²) in [5, 5.41) is 1.81. The molecule has 1 aromatic heterocycles. The molecule has 2 aromatic rings. The molecule has 3 nitrogen and oxygen atoms in total. The molecule has 20 heavy (non-hydrogen) atoms. The minimum Gasteiger partial charge on any atom is -0.461 e. The first-order chi connectivity index (χ1) is 9.65. The lowest BCUT2D eigenvalue weighted by Crippen LogP contribution is -2.07. The molecule has 0 saturated carbocycles. The van der Waals surface area contributed by atoms with Crippen LogP contribution in [0.4, 0.5) is 4.39 Å². The quantitative estimate of drug-likeness (QED) is 0.603. The van der Waals surface area contributed by atoms with E-state index in [-0.39, 0.29) is 31.0 Å².